The molecule has 0 aliphatic carbocycles. The molecule has 0 aliphatic rings. The average molecular weight is 247 g/mol. The van der Waals surface area contributed by atoms with Crippen LogP contribution < -0.4 is 0 Å². The van der Waals surface area contributed by atoms with E-state index < -0.39 is 0 Å². The molecular weight excluding hydrogens is 234 g/mol. The topological polar surface area (TPSA) is 29.4 Å². The van der Waals surface area contributed by atoms with Gasteiger partial charge in [0, 0.05) is 9.81 Å². The Balaban J connectivity index is 5.21. The SMILES string of the molecule is CSC(SC)=C(C(=O)N=C=S)C(C)C. The minimum Gasteiger partial charge on any atom is -0.266 e. The molecule has 0 aromatic carbocycles. The van der Waals surface area contributed by atoms with Crippen LogP contribution in [-0.4, -0.2) is 23.6 Å². The quantitative estimate of drug-likeness (QED) is 0.433. The van der Waals surface area contributed by atoms with Gasteiger partial charge in [0.05, 0.1) is 5.16 Å². The van der Waals surface area contributed by atoms with Gasteiger partial charge < -0.3 is 0 Å². The molecule has 0 saturated heterocycles. The van der Waals surface area contributed by atoms with Crippen LogP contribution in [0.5, 0.6) is 0 Å². The molecule has 0 heterocycles. The van der Waals surface area contributed by atoms with E-state index in [-0.39, 0.29) is 11.8 Å². The van der Waals surface area contributed by atoms with Gasteiger partial charge in [-0.15, -0.1) is 23.5 Å². The number of nitrogens with zero attached hydrogens (tertiary/aromatic N) is 1. The predicted octanol–water partition coefficient (Wildman–Crippen LogP) is 3.21. The fourth-order valence-electron chi connectivity index (χ4n) is 0.975. The lowest BCUT2D eigenvalue weighted by Crippen LogP contribution is -2.07. The lowest BCUT2D eigenvalue weighted by Gasteiger charge is -2.11. The first-order valence-electron chi connectivity index (χ1n) is 4.02. The van der Waals surface area contributed by atoms with Crippen molar-refractivity contribution in [1.29, 1.82) is 0 Å². The normalized spacial score (nSPS) is 9.50. The molecule has 0 spiro atoms. The number of amides is 1. The zero-order valence-corrected chi connectivity index (χ0v) is 11.1. The van der Waals surface area contributed by atoms with Crippen LogP contribution in [0.4, 0.5) is 0 Å². The minimum atomic E-state index is -0.270. The summed E-state index contributed by atoms with van der Waals surface area (Å²) in [6.45, 7) is 3.94. The Morgan fingerprint density at radius 3 is 2.14 bits per heavy atom. The van der Waals surface area contributed by atoms with Gasteiger partial charge in [-0.1, -0.05) is 13.8 Å². The van der Waals surface area contributed by atoms with Crippen molar-refractivity contribution in [2.45, 2.75) is 13.8 Å². The summed E-state index contributed by atoms with van der Waals surface area (Å²) in [5.41, 5.74) is 0.724. The van der Waals surface area contributed by atoms with E-state index in [2.05, 4.69) is 22.4 Å². The maximum Gasteiger partial charge on any atom is 0.283 e. The van der Waals surface area contributed by atoms with Crippen molar-refractivity contribution in [3.63, 3.8) is 0 Å². The molecule has 0 fully saturated rings. The van der Waals surface area contributed by atoms with Crippen molar-refractivity contribution >= 4 is 46.8 Å². The standard InChI is InChI=1S/C9H13NOS3/c1-6(2)7(8(11)10-5-12)9(13-3)14-4/h6H,1-4H3. The average Bonchev–Trinajstić information content (AvgIpc) is 2.13. The highest BCUT2D eigenvalue weighted by Gasteiger charge is 2.17. The third-order valence-electron chi connectivity index (χ3n) is 1.55. The minimum absolute atomic E-state index is 0.157. The van der Waals surface area contributed by atoms with Gasteiger partial charge in [0.1, 0.15) is 0 Å². The maximum atomic E-state index is 11.6. The van der Waals surface area contributed by atoms with Crippen molar-refractivity contribution in [2.75, 3.05) is 12.5 Å². The second-order valence-corrected chi connectivity index (χ2v) is 4.85. The molecule has 14 heavy (non-hydrogen) atoms. The van der Waals surface area contributed by atoms with Crippen LogP contribution in [0.25, 0.3) is 0 Å². The summed E-state index contributed by atoms with van der Waals surface area (Å²) in [5, 5.41) is 2.11. The molecule has 0 rings (SSSR count). The molecule has 2 nitrogen and oxygen atoms in total. The number of hydrogen-bond acceptors (Lipinski definition) is 4. The van der Waals surface area contributed by atoms with Gasteiger partial charge in [-0.05, 0) is 30.6 Å². The first-order chi connectivity index (χ1) is 6.58. The van der Waals surface area contributed by atoms with E-state index in [4.69, 9.17) is 0 Å². The summed E-state index contributed by atoms with van der Waals surface area (Å²) >= 11 is 7.54. The third kappa shape index (κ3) is 3.96. The molecule has 5 heteroatoms. The molecular formula is C9H13NOS3. The van der Waals surface area contributed by atoms with E-state index >= 15 is 0 Å². The van der Waals surface area contributed by atoms with E-state index in [9.17, 15) is 4.79 Å². The Morgan fingerprint density at radius 1 is 1.36 bits per heavy atom. The van der Waals surface area contributed by atoms with Crippen molar-refractivity contribution in [1.82, 2.24) is 0 Å². The van der Waals surface area contributed by atoms with Gasteiger partial charge in [-0.3, -0.25) is 4.79 Å². The Bertz CT molecular complexity index is 284. The highest BCUT2D eigenvalue weighted by molar-refractivity contribution is 8.21. The van der Waals surface area contributed by atoms with E-state index in [0.717, 1.165) is 9.81 Å². The molecule has 0 saturated carbocycles. The summed E-state index contributed by atoms with van der Waals surface area (Å²) in [6, 6.07) is 0. The Kier molecular flexibility index (Phi) is 7.19. The van der Waals surface area contributed by atoms with E-state index in [0.29, 0.717) is 0 Å². The number of thioether (sulfide) groups is 2. The largest absolute Gasteiger partial charge is 0.283 e. The molecule has 1 amide bonds. The third-order valence-corrected chi connectivity index (χ3v) is 3.82. The smallest absolute Gasteiger partial charge is 0.266 e. The van der Waals surface area contributed by atoms with Gasteiger partial charge in [0.25, 0.3) is 5.91 Å². The first-order valence-corrected chi connectivity index (χ1v) is 6.88. The van der Waals surface area contributed by atoms with Gasteiger partial charge in [-0.2, -0.15) is 4.99 Å². The van der Waals surface area contributed by atoms with Crippen molar-refractivity contribution in [3.8, 4) is 0 Å². The summed E-state index contributed by atoms with van der Waals surface area (Å²) in [4.78, 5) is 15.1. The molecule has 0 N–H and O–H groups in total. The van der Waals surface area contributed by atoms with Crippen LogP contribution in [0.15, 0.2) is 14.8 Å². The van der Waals surface area contributed by atoms with Crippen LogP contribution in [-0.2, 0) is 4.79 Å². The number of carbonyl (C=O) groups is 1. The Hall–Kier alpha value is -0.0900. The monoisotopic (exact) mass is 247 g/mol. The van der Waals surface area contributed by atoms with Gasteiger partial charge in [0.15, 0.2) is 0 Å². The summed E-state index contributed by atoms with van der Waals surface area (Å²) in [6.07, 6.45) is 3.89. The molecule has 0 atom stereocenters. The van der Waals surface area contributed by atoms with Crippen molar-refractivity contribution in [3.05, 3.63) is 9.81 Å². The highest BCUT2D eigenvalue weighted by atomic mass is 32.2. The number of aliphatic imine (C=N–C) groups is 1. The van der Waals surface area contributed by atoms with Crippen LogP contribution in [0.2, 0.25) is 0 Å². The summed E-state index contributed by atoms with van der Waals surface area (Å²) in [5.74, 6) is -0.113. The predicted molar refractivity (Wildman–Crippen MR) is 68.9 cm³/mol. The Labute approximate surface area is 98.6 Å². The molecule has 0 bridgehead atoms. The summed E-state index contributed by atoms with van der Waals surface area (Å²) < 4.78 is 0.999. The molecule has 0 radical (unpaired) electrons. The second-order valence-electron chi connectivity index (χ2n) is 2.77. The number of hydrogen-bond donors (Lipinski definition) is 0. The zero-order chi connectivity index (χ0) is 11.1. The van der Waals surface area contributed by atoms with E-state index in [1.165, 1.54) is 0 Å². The van der Waals surface area contributed by atoms with Crippen LogP contribution in [0, 0.1) is 5.92 Å². The van der Waals surface area contributed by atoms with Gasteiger partial charge in [0.2, 0.25) is 0 Å². The lowest BCUT2D eigenvalue weighted by molar-refractivity contribution is -0.114. The zero-order valence-electron chi connectivity index (χ0n) is 8.66. The fraction of sp³-hybridized carbons (Fsp3) is 0.556. The van der Waals surface area contributed by atoms with Gasteiger partial charge in [-0.25, -0.2) is 0 Å². The number of isothiocyanates is 1. The summed E-state index contributed by atoms with van der Waals surface area (Å²) in [7, 11) is 0. The van der Waals surface area contributed by atoms with Crippen LogP contribution in [0.1, 0.15) is 13.8 Å². The molecule has 0 aliphatic heterocycles. The number of rotatable bonds is 4. The molecule has 0 aromatic heterocycles. The number of thiocarbonyl (C=S) groups is 1. The Morgan fingerprint density at radius 2 is 1.86 bits per heavy atom. The first kappa shape index (κ1) is 13.9. The second kappa shape index (κ2) is 7.23. The van der Waals surface area contributed by atoms with Crippen molar-refractivity contribution in [2.24, 2.45) is 10.9 Å². The lowest BCUT2D eigenvalue weighted by atomic mass is 10.1. The van der Waals surface area contributed by atoms with Crippen molar-refractivity contribution < 1.29 is 4.79 Å². The molecule has 78 valence electrons. The maximum absolute atomic E-state index is 11.6. The highest BCUT2D eigenvalue weighted by Crippen LogP contribution is 2.31. The molecule has 0 aromatic rings. The van der Waals surface area contributed by atoms with E-state index in [1.807, 2.05) is 26.4 Å². The van der Waals surface area contributed by atoms with E-state index in [1.54, 1.807) is 23.5 Å². The van der Waals surface area contributed by atoms with Crippen LogP contribution in [0.3, 0.4) is 0 Å². The number of carbonyl (C=O) groups excluding carboxylic acids is 1. The van der Waals surface area contributed by atoms with Gasteiger partial charge >= 0.3 is 0 Å². The molecule has 0 unspecified atom stereocenters. The van der Waals surface area contributed by atoms with Crippen LogP contribution >= 0.6 is 35.7 Å². The fourth-order valence-corrected chi connectivity index (χ4v) is 2.81.